The van der Waals surface area contributed by atoms with Crippen molar-refractivity contribution in [3.05, 3.63) is 65.2 Å². The van der Waals surface area contributed by atoms with E-state index in [2.05, 4.69) is 25.1 Å². The number of nitrogens with zero attached hydrogens (tertiary/aromatic N) is 1. The highest BCUT2D eigenvalue weighted by atomic mass is 16.5. The molecule has 2 rings (SSSR count). The van der Waals surface area contributed by atoms with Crippen molar-refractivity contribution >= 4 is 5.97 Å². The van der Waals surface area contributed by atoms with Gasteiger partial charge in [0.15, 0.2) is 0 Å². The molecule has 0 aliphatic heterocycles. The average molecular weight is 341 g/mol. The van der Waals surface area contributed by atoms with Gasteiger partial charge in [0, 0.05) is 0 Å². The van der Waals surface area contributed by atoms with E-state index in [4.69, 9.17) is 9.84 Å². The van der Waals surface area contributed by atoms with Crippen LogP contribution in [0.25, 0.3) is 0 Å². The lowest BCUT2D eigenvalue weighted by Gasteiger charge is -2.13. The maximum atomic E-state index is 10.9. The summed E-state index contributed by atoms with van der Waals surface area (Å²) in [5.41, 5.74) is 2.65. The summed E-state index contributed by atoms with van der Waals surface area (Å²) >= 11 is 0. The van der Waals surface area contributed by atoms with E-state index in [1.165, 1.54) is 5.56 Å². The first-order valence-electron chi connectivity index (χ1n) is 8.74. The van der Waals surface area contributed by atoms with Gasteiger partial charge < -0.3 is 14.7 Å². The molecule has 134 valence electrons. The molecule has 4 nitrogen and oxygen atoms in total. The molecule has 0 unspecified atom stereocenters. The van der Waals surface area contributed by atoms with Gasteiger partial charge in [-0.15, -0.1) is 0 Å². The van der Waals surface area contributed by atoms with Crippen LogP contribution in [0.5, 0.6) is 5.75 Å². The number of benzene rings is 2. The van der Waals surface area contributed by atoms with Crippen LogP contribution < -0.4 is 4.74 Å². The standard InChI is InChI=1S/C21H27NO3/c1-22(2)15-5-6-16-25-20-8-4-3-7-18(20)12-9-17-10-13-19(14-11-17)21(23)24/h3-4,7-8,10-11,13-14H,5-6,9,12,15-16H2,1-2H3,(H,23,24). The summed E-state index contributed by atoms with van der Waals surface area (Å²) in [6.07, 6.45) is 3.91. The summed E-state index contributed by atoms with van der Waals surface area (Å²) in [5, 5.41) is 8.95. The third-order valence-corrected chi connectivity index (χ3v) is 4.11. The summed E-state index contributed by atoms with van der Waals surface area (Å²) in [5.74, 6) is 0.0640. The normalized spacial score (nSPS) is 10.8. The first-order chi connectivity index (χ1) is 12.1. The number of aromatic carboxylic acids is 1. The number of aryl methyl sites for hydroxylation is 2. The third kappa shape index (κ3) is 6.59. The van der Waals surface area contributed by atoms with Crippen LogP contribution in [0.15, 0.2) is 48.5 Å². The maximum absolute atomic E-state index is 10.9. The van der Waals surface area contributed by atoms with Gasteiger partial charge in [0.1, 0.15) is 5.75 Å². The Morgan fingerprint density at radius 2 is 1.72 bits per heavy atom. The Labute approximate surface area is 150 Å². The van der Waals surface area contributed by atoms with Crippen LogP contribution in [0.1, 0.15) is 34.3 Å². The van der Waals surface area contributed by atoms with Gasteiger partial charge in [0.2, 0.25) is 0 Å². The van der Waals surface area contributed by atoms with Crippen LogP contribution in [0.2, 0.25) is 0 Å². The van der Waals surface area contributed by atoms with Gasteiger partial charge in [-0.05, 0) is 75.6 Å². The van der Waals surface area contributed by atoms with Crippen molar-refractivity contribution in [1.82, 2.24) is 4.90 Å². The minimum atomic E-state index is -0.889. The van der Waals surface area contributed by atoms with Gasteiger partial charge in [-0.3, -0.25) is 0 Å². The third-order valence-electron chi connectivity index (χ3n) is 4.11. The van der Waals surface area contributed by atoms with E-state index in [-0.39, 0.29) is 0 Å². The molecule has 25 heavy (non-hydrogen) atoms. The van der Waals surface area contributed by atoms with Crippen LogP contribution in [-0.2, 0) is 12.8 Å². The highest BCUT2D eigenvalue weighted by Crippen LogP contribution is 2.20. The smallest absolute Gasteiger partial charge is 0.335 e. The molecule has 2 aromatic rings. The number of hydrogen-bond acceptors (Lipinski definition) is 3. The van der Waals surface area contributed by atoms with Crippen molar-refractivity contribution in [3.63, 3.8) is 0 Å². The summed E-state index contributed by atoms with van der Waals surface area (Å²) in [6, 6.07) is 15.2. The van der Waals surface area contributed by atoms with Gasteiger partial charge in [-0.25, -0.2) is 4.79 Å². The lowest BCUT2D eigenvalue weighted by atomic mass is 10.0. The van der Waals surface area contributed by atoms with Gasteiger partial charge in [-0.1, -0.05) is 30.3 Å². The fourth-order valence-corrected chi connectivity index (χ4v) is 2.66. The van der Waals surface area contributed by atoms with E-state index in [9.17, 15) is 4.79 Å². The predicted molar refractivity (Wildman–Crippen MR) is 101 cm³/mol. The number of ether oxygens (including phenoxy) is 1. The molecule has 0 fully saturated rings. The van der Waals surface area contributed by atoms with Crippen molar-refractivity contribution in [2.24, 2.45) is 0 Å². The fraction of sp³-hybridized carbons (Fsp3) is 0.381. The van der Waals surface area contributed by atoms with E-state index in [0.717, 1.165) is 50.1 Å². The Kier molecular flexibility index (Phi) is 7.48. The molecule has 4 heteroatoms. The molecule has 0 aliphatic carbocycles. The lowest BCUT2D eigenvalue weighted by Crippen LogP contribution is -2.13. The number of hydrogen-bond donors (Lipinski definition) is 1. The zero-order valence-corrected chi connectivity index (χ0v) is 15.1. The Balaban J connectivity index is 1.86. The van der Waals surface area contributed by atoms with E-state index in [1.54, 1.807) is 12.1 Å². The van der Waals surface area contributed by atoms with E-state index in [0.29, 0.717) is 5.56 Å². The fourth-order valence-electron chi connectivity index (χ4n) is 2.66. The van der Waals surface area contributed by atoms with Gasteiger partial charge in [0.25, 0.3) is 0 Å². The van der Waals surface area contributed by atoms with Crippen molar-refractivity contribution in [2.75, 3.05) is 27.2 Å². The van der Waals surface area contributed by atoms with E-state index >= 15 is 0 Å². The largest absolute Gasteiger partial charge is 0.493 e. The molecule has 2 aromatic carbocycles. The molecule has 0 saturated heterocycles. The number of carboxylic acids is 1. The van der Waals surface area contributed by atoms with Crippen molar-refractivity contribution in [1.29, 1.82) is 0 Å². The minimum absolute atomic E-state index is 0.324. The van der Waals surface area contributed by atoms with Crippen LogP contribution in [0, 0.1) is 0 Å². The van der Waals surface area contributed by atoms with Crippen LogP contribution in [0.4, 0.5) is 0 Å². The van der Waals surface area contributed by atoms with Crippen LogP contribution in [0.3, 0.4) is 0 Å². The topological polar surface area (TPSA) is 49.8 Å². The molecule has 1 N–H and O–H groups in total. The van der Waals surface area contributed by atoms with Crippen molar-refractivity contribution in [2.45, 2.75) is 25.7 Å². The number of carbonyl (C=O) groups is 1. The number of para-hydroxylation sites is 1. The second-order valence-corrected chi connectivity index (χ2v) is 6.47. The zero-order chi connectivity index (χ0) is 18.1. The Hall–Kier alpha value is -2.33. The Morgan fingerprint density at radius 1 is 1.00 bits per heavy atom. The van der Waals surface area contributed by atoms with Crippen molar-refractivity contribution < 1.29 is 14.6 Å². The van der Waals surface area contributed by atoms with Gasteiger partial charge in [-0.2, -0.15) is 0 Å². The summed E-state index contributed by atoms with van der Waals surface area (Å²) in [4.78, 5) is 13.1. The average Bonchev–Trinajstić information content (AvgIpc) is 2.60. The first-order valence-corrected chi connectivity index (χ1v) is 8.74. The molecule has 0 spiro atoms. The lowest BCUT2D eigenvalue weighted by molar-refractivity contribution is 0.0697. The molecular weight excluding hydrogens is 314 g/mol. The number of unbranched alkanes of at least 4 members (excludes halogenated alkanes) is 1. The second-order valence-electron chi connectivity index (χ2n) is 6.47. The molecule has 0 bridgehead atoms. The molecule has 0 aromatic heterocycles. The Bertz CT molecular complexity index is 665. The number of rotatable bonds is 10. The SMILES string of the molecule is CN(C)CCCCOc1ccccc1CCc1ccc(C(=O)O)cc1. The Morgan fingerprint density at radius 3 is 2.40 bits per heavy atom. The number of carboxylic acid groups (broad SMARTS) is 1. The highest BCUT2D eigenvalue weighted by Gasteiger charge is 2.05. The highest BCUT2D eigenvalue weighted by molar-refractivity contribution is 5.87. The van der Waals surface area contributed by atoms with E-state index < -0.39 is 5.97 Å². The summed E-state index contributed by atoms with van der Waals surface area (Å²) in [7, 11) is 4.16. The quantitative estimate of drug-likeness (QED) is 0.666. The minimum Gasteiger partial charge on any atom is -0.493 e. The van der Waals surface area contributed by atoms with Crippen LogP contribution in [-0.4, -0.2) is 43.2 Å². The monoisotopic (exact) mass is 341 g/mol. The molecule has 0 atom stereocenters. The van der Waals surface area contributed by atoms with Crippen molar-refractivity contribution in [3.8, 4) is 5.75 Å². The first kappa shape index (κ1) is 19.0. The molecule has 0 radical (unpaired) electrons. The molecule has 0 heterocycles. The predicted octanol–water partition coefficient (Wildman–Crippen LogP) is 3.89. The van der Waals surface area contributed by atoms with Gasteiger partial charge >= 0.3 is 5.97 Å². The summed E-state index contributed by atoms with van der Waals surface area (Å²) < 4.78 is 5.96. The van der Waals surface area contributed by atoms with E-state index in [1.807, 2.05) is 30.3 Å². The molecule has 0 amide bonds. The summed E-state index contributed by atoms with van der Waals surface area (Å²) in [6.45, 7) is 1.81. The van der Waals surface area contributed by atoms with Gasteiger partial charge in [0.05, 0.1) is 12.2 Å². The zero-order valence-electron chi connectivity index (χ0n) is 15.1. The van der Waals surface area contributed by atoms with Crippen LogP contribution >= 0.6 is 0 Å². The molecular formula is C21H27NO3. The molecule has 0 aliphatic rings. The molecule has 0 saturated carbocycles. The maximum Gasteiger partial charge on any atom is 0.335 e. The second kappa shape index (κ2) is 9.84.